The highest BCUT2D eigenvalue weighted by Crippen LogP contribution is 2.33. The zero-order valence-electron chi connectivity index (χ0n) is 19.0. The number of carbonyl (C=O) groups excluding carboxylic acids is 2. The number of nitrogens with zero attached hydrogens (tertiary/aromatic N) is 1. The Labute approximate surface area is 206 Å². The average Bonchev–Trinajstić information content (AvgIpc) is 3.55. The molecule has 7 heteroatoms. The molecule has 2 amide bonds. The molecule has 5 rings (SSSR count). The molecule has 2 N–H and O–H groups in total. The van der Waals surface area contributed by atoms with Crippen LogP contribution in [0.25, 0.3) is 10.2 Å². The van der Waals surface area contributed by atoms with Crippen molar-refractivity contribution < 1.29 is 14.0 Å². The van der Waals surface area contributed by atoms with Crippen LogP contribution in [0.5, 0.6) is 0 Å². The lowest BCUT2D eigenvalue weighted by atomic mass is 9.78. The standard InChI is InChI=1S/C28H23N3O3S/c1-28(19-8-3-2-4-9-19,18-25-31-22-10-5-6-12-24(22)35-25)27(33)30-21-15-13-20(14-16-21)29-26(32)23-11-7-17-34-23/h2-17H,18H2,1H3,(H,29,32)(H,30,33). The first kappa shape index (κ1) is 22.6. The first-order chi connectivity index (χ1) is 17.0. The molecule has 2 aromatic heterocycles. The third-order valence-corrected chi connectivity index (χ3v) is 6.94. The lowest BCUT2D eigenvalue weighted by Gasteiger charge is -2.28. The topological polar surface area (TPSA) is 84.2 Å². The Bertz CT molecular complexity index is 1430. The van der Waals surface area contributed by atoms with Gasteiger partial charge in [0.15, 0.2) is 5.76 Å². The van der Waals surface area contributed by atoms with Crippen LogP contribution in [0.1, 0.15) is 28.0 Å². The normalized spacial score (nSPS) is 12.7. The van der Waals surface area contributed by atoms with Crippen LogP contribution < -0.4 is 10.6 Å². The summed E-state index contributed by atoms with van der Waals surface area (Å²) in [4.78, 5) is 30.6. The first-order valence-electron chi connectivity index (χ1n) is 11.2. The van der Waals surface area contributed by atoms with E-state index in [0.717, 1.165) is 20.8 Å². The minimum atomic E-state index is -0.832. The fraction of sp³-hybridized carbons (Fsp3) is 0.107. The van der Waals surface area contributed by atoms with Gasteiger partial charge in [0, 0.05) is 17.8 Å². The third-order valence-electron chi connectivity index (χ3n) is 5.90. The summed E-state index contributed by atoms with van der Waals surface area (Å²) in [6, 6.07) is 28.0. The number of thiazole rings is 1. The van der Waals surface area contributed by atoms with Crippen LogP contribution in [0.15, 0.2) is 102 Å². The quantitative estimate of drug-likeness (QED) is 0.286. The molecule has 0 bridgehead atoms. The van der Waals surface area contributed by atoms with Gasteiger partial charge in [-0.25, -0.2) is 4.98 Å². The summed E-state index contributed by atoms with van der Waals surface area (Å²) in [7, 11) is 0. The van der Waals surface area contributed by atoms with Gasteiger partial charge < -0.3 is 15.1 Å². The summed E-state index contributed by atoms with van der Waals surface area (Å²) in [6.07, 6.45) is 1.92. The van der Waals surface area contributed by atoms with Crippen LogP contribution >= 0.6 is 11.3 Å². The average molecular weight is 482 g/mol. The summed E-state index contributed by atoms with van der Waals surface area (Å²) in [5.41, 5.74) is 2.26. The monoisotopic (exact) mass is 481 g/mol. The Morgan fingerprint density at radius 2 is 1.54 bits per heavy atom. The van der Waals surface area contributed by atoms with Crippen molar-refractivity contribution in [3.8, 4) is 0 Å². The number of rotatable bonds is 7. The maximum atomic E-state index is 13.7. The number of nitrogens with one attached hydrogen (secondary N) is 2. The molecule has 5 aromatic rings. The Morgan fingerprint density at radius 1 is 0.857 bits per heavy atom. The van der Waals surface area contributed by atoms with Crippen LogP contribution in [0.2, 0.25) is 0 Å². The van der Waals surface area contributed by atoms with Crippen molar-refractivity contribution in [2.75, 3.05) is 10.6 Å². The molecular weight excluding hydrogens is 458 g/mol. The van der Waals surface area contributed by atoms with Crippen LogP contribution in [-0.2, 0) is 16.6 Å². The van der Waals surface area contributed by atoms with Gasteiger partial charge in [-0.3, -0.25) is 9.59 Å². The van der Waals surface area contributed by atoms with Gasteiger partial charge in [-0.05, 0) is 61.0 Å². The molecule has 35 heavy (non-hydrogen) atoms. The molecule has 0 saturated heterocycles. The lowest BCUT2D eigenvalue weighted by Crippen LogP contribution is -2.39. The molecule has 0 spiro atoms. The van der Waals surface area contributed by atoms with E-state index in [4.69, 9.17) is 9.40 Å². The number of carbonyl (C=O) groups is 2. The highest BCUT2D eigenvalue weighted by Gasteiger charge is 2.36. The maximum absolute atomic E-state index is 13.7. The minimum Gasteiger partial charge on any atom is -0.459 e. The van der Waals surface area contributed by atoms with E-state index < -0.39 is 5.41 Å². The second kappa shape index (κ2) is 9.56. The molecule has 6 nitrogen and oxygen atoms in total. The number of para-hydroxylation sites is 1. The smallest absolute Gasteiger partial charge is 0.291 e. The van der Waals surface area contributed by atoms with Crippen molar-refractivity contribution in [2.45, 2.75) is 18.8 Å². The van der Waals surface area contributed by atoms with E-state index >= 15 is 0 Å². The van der Waals surface area contributed by atoms with Gasteiger partial charge in [-0.15, -0.1) is 11.3 Å². The number of amides is 2. The molecule has 1 unspecified atom stereocenters. The number of hydrogen-bond donors (Lipinski definition) is 2. The molecule has 0 aliphatic heterocycles. The van der Waals surface area contributed by atoms with Crippen LogP contribution in [0.3, 0.4) is 0 Å². The molecule has 0 aliphatic rings. The van der Waals surface area contributed by atoms with E-state index in [-0.39, 0.29) is 17.6 Å². The summed E-state index contributed by atoms with van der Waals surface area (Å²) >= 11 is 1.61. The van der Waals surface area contributed by atoms with Crippen molar-refractivity contribution in [3.63, 3.8) is 0 Å². The fourth-order valence-electron chi connectivity index (χ4n) is 3.92. The van der Waals surface area contributed by atoms with E-state index in [0.29, 0.717) is 17.8 Å². The maximum Gasteiger partial charge on any atom is 0.291 e. The predicted molar refractivity (Wildman–Crippen MR) is 139 cm³/mol. The van der Waals surface area contributed by atoms with Crippen molar-refractivity contribution >= 4 is 44.7 Å². The number of furan rings is 1. The van der Waals surface area contributed by atoms with E-state index in [1.807, 2.05) is 61.5 Å². The molecule has 174 valence electrons. The fourth-order valence-corrected chi connectivity index (χ4v) is 5.05. The minimum absolute atomic E-state index is 0.129. The van der Waals surface area contributed by atoms with Crippen molar-refractivity contribution in [3.05, 3.63) is 114 Å². The first-order valence-corrected chi connectivity index (χ1v) is 12.0. The zero-order valence-corrected chi connectivity index (χ0v) is 19.8. The Balaban J connectivity index is 1.36. The van der Waals surface area contributed by atoms with Gasteiger partial charge in [0.25, 0.3) is 5.91 Å². The second-order valence-electron chi connectivity index (χ2n) is 8.41. The SMILES string of the molecule is CC(Cc1nc2ccccc2s1)(C(=O)Nc1ccc(NC(=O)c2ccco2)cc1)c1ccccc1. The van der Waals surface area contributed by atoms with Crippen LogP contribution in [0.4, 0.5) is 11.4 Å². The van der Waals surface area contributed by atoms with Gasteiger partial charge in [-0.1, -0.05) is 42.5 Å². The van der Waals surface area contributed by atoms with Crippen molar-refractivity contribution in [2.24, 2.45) is 0 Å². The van der Waals surface area contributed by atoms with Crippen LogP contribution in [-0.4, -0.2) is 16.8 Å². The number of fused-ring (bicyclic) bond motifs is 1. The molecule has 2 heterocycles. The van der Waals surface area contributed by atoms with E-state index in [9.17, 15) is 9.59 Å². The highest BCUT2D eigenvalue weighted by molar-refractivity contribution is 7.18. The predicted octanol–water partition coefficient (Wildman–Crippen LogP) is 6.28. The number of anilines is 2. The Kier molecular flexibility index (Phi) is 6.16. The third kappa shape index (κ3) is 4.85. The number of aromatic nitrogens is 1. The van der Waals surface area contributed by atoms with Gasteiger partial charge in [0.2, 0.25) is 5.91 Å². The zero-order chi connectivity index (χ0) is 24.3. The van der Waals surface area contributed by atoms with Gasteiger partial charge in [0.05, 0.1) is 26.9 Å². The second-order valence-corrected chi connectivity index (χ2v) is 9.53. The summed E-state index contributed by atoms with van der Waals surface area (Å²) in [6.45, 7) is 1.95. The molecular formula is C28H23N3O3S. The molecule has 0 saturated carbocycles. The van der Waals surface area contributed by atoms with Crippen molar-refractivity contribution in [1.29, 1.82) is 0 Å². The summed E-state index contributed by atoms with van der Waals surface area (Å²) < 4.78 is 6.22. The number of hydrogen-bond acceptors (Lipinski definition) is 5. The number of benzene rings is 3. The van der Waals surface area contributed by atoms with Gasteiger partial charge >= 0.3 is 0 Å². The van der Waals surface area contributed by atoms with Crippen LogP contribution in [0, 0.1) is 0 Å². The summed E-state index contributed by atoms with van der Waals surface area (Å²) in [5, 5.41) is 6.73. The molecule has 0 fully saturated rings. The largest absolute Gasteiger partial charge is 0.459 e. The molecule has 1 atom stereocenters. The van der Waals surface area contributed by atoms with Gasteiger partial charge in [-0.2, -0.15) is 0 Å². The molecule has 3 aromatic carbocycles. The van der Waals surface area contributed by atoms with Gasteiger partial charge in [0.1, 0.15) is 0 Å². The highest BCUT2D eigenvalue weighted by atomic mass is 32.1. The Hall–Kier alpha value is -4.23. The lowest BCUT2D eigenvalue weighted by molar-refractivity contribution is -0.121. The Morgan fingerprint density at radius 3 is 2.23 bits per heavy atom. The summed E-state index contributed by atoms with van der Waals surface area (Å²) in [5.74, 6) is -0.231. The van der Waals surface area contributed by atoms with E-state index in [2.05, 4.69) is 10.6 Å². The van der Waals surface area contributed by atoms with Crippen molar-refractivity contribution in [1.82, 2.24) is 4.98 Å². The molecule has 0 aliphatic carbocycles. The van der Waals surface area contributed by atoms with E-state index in [1.165, 1.54) is 6.26 Å². The van der Waals surface area contributed by atoms with E-state index in [1.54, 1.807) is 47.7 Å². The molecule has 0 radical (unpaired) electrons.